The molecule has 20 heavy (non-hydrogen) atoms. The summed E-state index contributed by atoms with van der Waals surface area (Å²) in [6.07, 6.45) is 1.20. The number of nitrogens with zero attached hydrogens (tertiary/aromatic N) is 1. The fourth-order valence-corrected chi connectivity index (χ4v) is 3.09. The van der Waals surface area contributed by atoms with Gasteiger partial charge in [-0.25, -0.2) is 0 Å². The Balaban J connectivity index is 1.95. The third kappa shape index (κ3) is 2.80. The summed E-state index contributed by atoms with van der Waals surface area (Å²) in [7, 11) is 0. The Bertz CT molecular complexity index is 573. The number of nitrogens with one attached hydrogen (secondary N) is 1. The van der Waals surface area contributed by atoms with Crippen molar-refractivity contribution < 1.29 is 0 Å². The SMILES string of the molecule is CC1CNC(C)CCN(c2cccc3ccccc23)C1. The van der Waals surface area contributed by atoms with Crippen molar-refractivity contribution in [3.8, 4) is 0 Å². The lowest BCUT2D eigenvalue weighted by Gasteiger charge is -2.33. The van der Waals surface area contributed by atoms with Gasteiger partial charge in [-0.1, -0.05) is 43.3 Å². The maximum atomic E-state index is 3.62. The van der Waals surface area contributed by atoms with E-state index in [-0.39, 0.29) is 0 Å². The van der Waals surface area contributed by atoms with E-state index in [4.69, 9.17) is 0 Å². The van der Waals surface area contributed by atoms with Gasteiger partial charge < -0.3 is 10.2 Å². The van der Waals surface area contributed by atoms with Gasteiger partial charge in [-0.2, -0.15) is 0 Å². The van der Waals surface area contributed by atoms with E-state index < -0.39 is 0 Å². The van der Waals surface area contributed by atoms with Crippen molar-refractivity contribution in [1.82, 2.24) is 5.32 Å². The van der Waals surface area contributed by atoms with E-state index in [2.05, 4.69) is 66.5 Å². The lowest BCUT2D eigenvalue weighted by atomic mass is 10.0. The van der Waals surface area contributed by atoms with Crippen LogP contribution in [0, 0.1) is 5.92 Å². The molecule has 0 amide bonds. The maximum Gasteiger partial charge on any atom is 0.0446 e. The number of hydrogen-bond acceptors (Lipinski definition) is 2. The molecule has 2 aromatic carbocycles. The first kappa shape index (κ1) is 13.4. The minimum atomic E-state index is 0.607. The average Bonchev–Trinajstić information content (AvgIpc) is 2.47. The summed E-state index contributed by atoms with van der Waals surface area (Å²) in [6.45, 7) is 8.01. The standard InChI is InChI=1S/C18H24N2/c1-14-12-19-15(2)10-11-20(13-14)18-9-5-7-16-6-3-4-8-17(16)18/h3-9,14-15,19H,10-13H2,1-2H3. The third-order valence-electron chi connectivity index (χ3n) is 4.29. The molecule has 3 rings (SSSR count). The molecule has 2 unspecified atom stereocenters. The van der Waals surface area contributed by atoms with Crippen molar-refractivity contribution in [3.05, 3.63) is 42.5 Å². The van der Waals surface area contributed by atoms with Crippen LogP contribution in [-0.4, -0.2) is 25.7 Å². The molecule has 1 fully saturated rings. The van der Waals surface area contributed by atoms with Crippen molar-refractivity contribution in [2.45, 2.75) is 26.3 Å². The highest BCUT2D eigenvalue weighted by molar-refractivity contribution is 5.94. The van der Waals surface area contributed by atoms with Gasteiger partial charge in [-0.05, 0) is 37.3 Å². The summed E-state index contributed by atoms with van der Waals surface area (Å²) < 4.78 is 0. The number of rotatable bonds is 1. The zero-order valence-corrected chi connectivity index (χ0v) is 12.5. The quantitative estimate of drug-likeness (QED) is 0.849. The molecule has 0 spiro atoms. The Labute approximate surface area is 121 Å². The van der Waals surface area contributed by atoms with Gasteiger partial charge in [-0.15, -0.1) is 0 Å². The molecule has 0 aromatic heterocycles. The van der Waals surface area contributed by atoms with Crippen LogP contribution in [0.15, 0.2) is 42.5 Å². The summed E-state index contributed by atoms with van der Waals surface area (Å²) in [4.78, 5) is 2.57. The van der Waals surface area contributed by atoms with E-state index >= 15 is 0 Å². The molecular formula is C18H24N2. The smallest absolute Gasteiger partial charge is 0.0446 e. The van der Waals surface area contributed by atoms with Gasteiger partial charge in [0.25, 0.3) is 0 Å². The first-order valence-electron chi connectivity index (χ1n) is 7.70. The highest BCUT2D eigenvalue weighted by Crippen LogP contribution is 2.28. The van der Waals surface area contributed by atoms with Gasteiger partial charge in [0.2, 0.25) is 0 Å². The summed E-state index contributed by atoms with van der Waals surface area (Å²) in [5, 5.41) is 6.33. The molecule has 0 saturated carbocycles. The lowest BCUT2D eigenvalue weighted by molar-refractivity contribution is 0.411. The Morgan fingerprint density at radius 2 is 1.85 bits per heavy atom. The fraction of sp³-hybridized carbons (Fsp3) is 0.444. The third-order valence-corrected chi connectivity index (χ3v) is 4.29. The Morgan fingerprint density at radius 1 is 1.05 bits per heavy atom. The number of benzene rings is 2. The van der Waals surface area contributed by atoms with Gasteiger partial charge in [0, 0.05) is 30.2 Å². The molecule has 0 bridgehead atoms. The first-order valence-corrected chi connectivity index (χ1v) is 7.70. The van der Waals surface area contributed by atoms with E-state index in [0.29, 0.717) is 12.0 Å². The van der Waals surface area contributed by atoms with Gasteiger partial charge in [0.1, 0.15) is 0 Å². The molecule has 1 heterocycles. The van der Waals surface area contributed by atoms with Crippen LogP contribution < -0.4 is 10.2 Å². The Hall–Kier alpha value is -1.54. The van der Waals surface area contributed by atoms with Crippen molar-refractivity contribution >= 4 is 16.5 Å². The van der Waals surface area contributed by atoms with Gasteiger partial charge in [-0.3, -0.25) is 0 Å². The van der Waals surface area contributed by atoms with Gasteiger partial charge in [0.05, 0.1) is 0 Å². The molecule has 1 N–H and O–H groups in total. The maximum absolute atomic E-state index is 3.62. The van der Waals surface area contributed by atoms with Crippen LogP contribution in [0.2, 0.25) is 0 Å². The number of hydrogen-bond donors (Lipinski definition) is 1. The Kier molecular flexibility index (Phi) is 3.93. The van der Waals surface area contributed by atoms with E-state index in [1.807, 2.05) is 0 Å². The van der Waals surface area contributed by atoms with Crippen LogP contribution in [0.1, 0.15) is 20.3 Å². The highest BCUT2D eigenvalue weighted by Gasteiger charge is 2.17. The second kappa shape index (κ2) is 5.84. The summed E-state index contributed by atoms with van der Waals surface area (Å²) in [6, 6.07) is 16.0. The Morgan fingerprint density at radius 3 is 2.75 bits per heavy atom. The summed E-state index contributed by atoms with van der Waals surface area (Å²) >= 11 is 0. The van der Waals surface area contributed by atoms with Crippen LogP contribution >= 0.6 is 0 Å². The van der Waals surface area contributed by atoms with Crippen LogP contribution in [0.25, 0.3) is 10.8 Å². The molecule has 1 saturated heterocycles. The second-order valence-electron chi connectivity index (χ2n) is 6.15. The van der Waals surface area contributed by atoms with E-state index in [1.165, 1.54) is 22.9 Å². The minimum absolute atomic E-state index is 0.607. The van der Waals surface area contributed by atoms with Crippen LogP contribution in [-0.2, 0) is 0 Å². The molecule has 1 aliphatic heterocycles. The van der Waals surface area contributed by atoms with Crippen molar-refractivity contribution in [3.63, 3.8) is 0 Å². The first-order chi connectivity index (χ1) is 9.74. The fourth-order valence-electron chi connectivity index (χ4n) is 3.09. The van der Waals surface area contributed by atoms with E-state index in [0.717, 1.165) is 19.6 Å². The molecule has 2 aromatic rings. The van der Waals surface area contributed by atoms with E-state index in [9.17, 15) is 0 Å². The minimum Gasteiger partial charge on any atom is -0.371 e. The number of anilines is 1. The van der Waals surface area contributed by atoms with Crippen LogP contribution in [0.4, 0.5) is 5.69 Å². The average molecular weight is 268 g/mol. The zero-order chi connectivity index (χ0) is 13.9. The van der Waals surface area contributed by atoms with E-state index in [1.54, 1.807) is 0 Å². The molecule has 0 aliphatic carbocycles. The largest absolute Gasteiger partial charge is 0.371 e. The van der Waals surface area contributed by atoms with Crippen molar-refractivity contribution in [1.29, 1.82) is 0 Å². The predicted octanol–water partition coefficient (Wildman–Crippen LogP) is 3.66. The van der Waals surface area contributed by atoms with Gasteiger partial charge >= 0.3 is 0 Å². The summed E-state index contributed by atoms with van der Waals surface area (Å²) in [5.41, 5.74) is 1.39. The molecular weight excluding hydrogens is 244 g/mol. The zero-order valence-electron chi connectivity index (χ0n) is 12.5. The molecule has 2 heteroatoms. The van der Waals surface area contributed by atoms with Crippen molar-refractivity contribution in [2.24, 2.45) is 5.92 Å². The monoisotopic (exact) mass is 268 g/mol. The normalized spacial score (nSPS) is 24.4. The summed E-state index contributed by atoms with van der Waals surface area (Å²) in [5.74, 6) is 0.678. The molecule has 1 aliphatic rings. The van der Waals surface area contributed by atoms with Crippen LogP contribution in [0.5, 0.6) is 0 Å². The molecule has 2 nitrogen and oxygen atoms in total. The topological polar surface area (TPSA) is 15.3 Å². The molecule has 106 valence electrons. The predicted molar refractivity (Wildman–Crippen MR) is 87.4 cm³/mol. The highest BCUT2D eigenvalue weighted by atomic mass is 15.1. The van der Waals surface area contributed by atoms with Crippen molar-refractivity contribution in [2.75, 3.05) is 24.5 Å². The molecule has 2 atom stereocenters. The second-order valence-corrected chi connectivity index (χ2v) is 6.15. The van der Waals surface area contributed by atoms with Gasteiger partial charge in [0.15, 0.2) is 0 Å². The molecule has 0 radical (unpaired) electrons. The number of fused-ring (bicyclic) bond motifs is 1. The lowest BCUT2D eigenvalue weighted by Crippen LogP contribution is -2.42. The van der Waals surface area contributed by atoms with Crippen LogP contribution in [0.3, 0.4) is 0 Å².